The molecule has 3 N–H and O–H groups in total. The van der Waals surface area contributed by atoms with Crippen molar-refractivity contribution in [3.8, 4) is 0 Å². The molecule has 0 aromatic heterocycles. The predicted molar refractivity (Wildman–Crippen MR) is 46.6 cm³/mol. The highest BCUT2D eigenvalue weighted by Gasteiger charge is 2.18. The summed E-state index contributed by atoms with van der Waals surface area (Å²) in [5.41, 5.74) is 0. The van der Waals surface area contributed by atoms with Gasteiger partial charge < -0.3 is 15.5 Å². The molecule has 1 atom stereocenters. The first-order valence-corrected chi connectivity index (χ1v) is 4.14. The van der Waals surface area contributed by atoms with Crippen LogP contribution in [0.15, 0.2) is 0 Å². The van der Waals surface area contributed by atoms with Gasteiger partial charge in [0.15, 0.2) is 0 Å². The Labute approximate surface area is 76.8 Å². The molecule has 0 aliphatic carbocycles. The quantitative estimate of drug-likeness (QED) is 0.559. The summed E-state index contributed by atoms with van der Waals surface area (Å²) in [7, 11) is 0. The zero-order valence-electron chi connectivity index (χ0n) is 7.78. The van der Waals surface area contributed by atoms with Crippen molar-refractivity contribution in [2.45, 2.75) is 38.8 Å². The fourth-order valence-corrected chi connectivity index (χ4v) is 0.948. The molecule has 1 unspecified atom stereocenters. The van der Waals surface area contributed by atoms with Gasteiger partial charge in [-0.3, -0.25) is 9.59 Å². The van der Waals surface area contributed by atoms with Crippen molar-refractivity contribution in [2.75, 3.05) is 0 Å². The van der Waals surface area contributed by atoms with E-state index in [2.05, 4.69) is 5.32 Å². The lowest BCUT2D eigenvalue weighted by Gasteiger charge is -2.15. The summed E-state index contributed by atoms with van der Waals surface area (Å²) in [5.74, 6) is -1.98. The van der Waals surface area contributed by atoms with E-state index in [1.54, 1.807) is 0 Å². The highest BCUT2D eigenvalue weighted by Crippen LogP contribution is 1.99. The van der Waals surface area contributed by atoms with E-state index in [-0.39, 0.29) is 18.9 Å². The Morgan fingerprint density at radius 3 is 2.15 bits per heavy atom. The molecule has 5 nitrogen and oxygen atoms in total. The number of nitrogens with one attached hydrogen (secondary N) is 1. The molecule has 0 rings (SSSR count). The first-order chi connectivity index (χ1) is 5.93. The summed E-state index contributed by atoms with van der Waals surface area (Å²) < 4.78 is 0. The van der Waals surface area contributed by atoms with Crippen molar-refractivity contribution in [3.05, 3.63) is 0 Å². The second-order valence-electron chi connectivity index (χ2n) is 3.14. The van der Waals surface area contributed by atoms with Gasteiger partial charge in [-0.15, -0.1) is 0 Å². The second kappa shape index (κ2) is 5.53. The Balaban J connectivity index is 3.95. The summed E-state index contributed by atoms with van der Waals surface area (Å²) in [6.45, 7) is 3.63. The van der Waals surface area contributed by atoms with Crippen molar-refractivity contribution in [3.63, 3.8) is 0 Å². The molecular weight excluding hydrogens is 174 g/mol. The Kier molecular flexibility index (Phi) is 5.06. The lowest BCUT2D eigenvalue weighted by atomic mass is 10.1. The van der Waals surface area contributed by atoms with Gasteiger partial charge in [-0.1, -0.05) is 13.8 Å². The van der Waals surface area contributed by atoms with E-state index in [1.165, 1.54) is 0 Å². The summed E-state index contributed by atoms with van der Waals surface area (Å²) >= 11 is 0. The number of rotatable bonds is 6. The molecular formula is C8H15NO4. The van der Waals surface area contributed by atoms with Crippen molar-refractivity contribution in [2.24, 2.45) is 0 Å². The van der Waals surface area contributed by atoms with E-state index in [1.807, 2.05) is 13.8 Å². The standard InChI is InChI=1S/C8H15NO4/c1-5(2)9-6(8(12)13)3-4-7(10)11/h5-6,9H,3-4H2,1-2H3,(H,10,11)(H,12,13). The molecule has 0 bridgehead atoms. The van der Waals surface area contributed by atoms with Crippen LogP contribution in [-0.4, -0.2) is 34.2 Å². The van der Waals surface area contributed by atoms with Crippen molar-refractivity contribution < 1.29 is 19.8 Å². The monoisotopic (exact) mass is 189 g/mol. The van der Waals surface area contributed by atoms with Crippen LogP contribution in [0.3, 0.4) is 0 Å². The Morgan fingerprint density at radius 2 is 1.85 bits per heavy atom. The van der Waals surface area contributed by atoms with Crippen LogP contribution in [0.1, 0.15) is 26.7 Å². The molecule has 0 heterocycles. The largest absolute Gasteiger partial charge is 0.481 e. The molecule has 13 heavy (non-hydrogen) atoms. The van der Waals surface area contributed by atoms with Gasteiger partial charge in [0, 0.05) is 12.5 Å². The van der Waals surface area contributed by atoms with E-state index < -0.39 is 18.0 Å². The number of carboxylic acid groups (broad SMARTS) is 2. The third-order valence-corrected chi connectivity index (χ3v) is 1.48. The minimum Gasteiger partial charge on any atom is -0.481 e. The van der Waals surface area contributed by atoms with E-state index in [4.69, 9.17) is 10.2 Å². The third kappa shape index (κ3) is 6.10. The first-order valence-electron chi connectivity index (χ1n) is 4.14. The topological polar surface area (TPSA) is 86.6 Å². The highest BCUT2D eigenvalue weighted by atomic mass is 16.4. The zero-order chi connectivity index (χ0) is 10.4. The molecule has 76 valence electrons. The molecule has 5 heteroatoms. The van der Waals surface area contributed by atoms with Crippen LogP contribution >= 0.6 is 0 Å². The van der Waals surface area contributed by atoms with Crippen molar-refractivity contribution in [1.29, 1.82) is 0 Å². The van der Waals surface area contributed by atoms with E-state index in [0.717, 1.165) is 0 Å². The summed E-state index contributed by atoms with van der Waals surface area (Å²) in [6, 6.07) is -0.731. The Morgan fingerprint density at radius 1 is 1.31 bits per heavy atom. The number of carboxylic acids is 2. The van der Waals surface area contributed by atoms with Crippen LogP contribution in [0.5, 0.6) is 0 Å². The average molecular weight is 189 g/mol. The normalized spacial score (nSPS) is 12.8. The summed E-state index contributed by atoms with van der Waals surface area (Å²) in [6.07, 6.45) is -0.0144. The lowest BCUT2D eigenvalue weighted by molar-refractivity contribution is -0.140. The Hall–Kier alpha value is -1.10. The minimum atomic E-state index is -1.00. The molecule has 0 aliphatic heterocycles. The minimum absolute atomic E-state index is 0.0369. The maximum Gasteiger partial charge on any atom is 0.320 e. The van der Waals surface area contributed by atoms with Crippen LogP contribution in [0.4, 0.5) is 0 Å². The van der Waals surface area contributed by atoms with Crippen molar-refractivity contribution >= 4 is 11.9 Å². The van der Waals surface area contributed by atoms with Gasteiger partial charge in [0.05, 0.1) is 0 Å². The highest BCUT2D eigenvalue weighted by molar-refractivity contribution is 5.75. The molecule has 0 fully saturated rings. The molecule has 0 aromatic carbocycles. The lowest BCUT2D eigenvalue weighted by Crippen LogP contribution is -2.41. The second-order valence-corrected chi connectivity index (χ2v) is 3.14. The van der Waals surface area contributed by atoms with Gasteiger partial charge in [0.1, 0.15) is 6.04 Å². The molecule has 0 aromatic rings. The summed E-state index contributed by atoms with van der Waals surface area (Å²) in [5, 5.41) is 19.8. The van der Waals surface area contributed by atoms with E-state index in [9.17, 15) is 9.59 Å². The van der Waals surface area contributed by atoms with Gasteiger partial charge in [0.2, 0.25) is 0 Å². The maximum absolute atomic E-state index is 10.6. The van der Waals surface area contributed by atoms with Crippen LogP contribution in [0.2, 0.25) is 0 Å². The third-order valence-electron chi connectivity index (χ3n) is 1.48. The molecule has 0 amide bonds. The first kappa shape index (κ1) is 11.9. The molecule has 0 saturated carbocycles. The Bertz CT molecular complexity index is 191. The zero-order valence-corrected chi connectivity index (χ0v) is 7.78. The van der Waals surface area contributed by atoms with Crippen molar-refractivity contribution in [1.82, 2.24) is 5.32 Å². The molecule has 0 aliphatic rings. The van der Waals surface area contributed by atoms with Crippen LogP contribution in [-0.2, 0) is 9.59 Å². The SMILES string of the molecule is CC(C)NC(CCC(=O)O)C(=O)O. The molecule has 0 saturated heterocycles. The van der Waals surface area contributed by atoms with Crippen LogP contribution in [0.25, 0.3) is 0 Å². The molecule has 0 spiro atoms. The van der Waals surface area contributed by atoms with E-state index in [0.29, 0.717) is 0 Å². The number of hydrogen-bond acceptors (Lipinski definition) is 3. The number of hydrogen-bond donors (Lipinski definition) is 3. The fraction of sp³-hybridized carbons (Fsp3) is 0.750. The smallest absolute Gasteiger partial charge is 0.320 e. The number of carbonyl (C=O) groups is 2. The summed E-state index contributed by atoms with van der Waals surface area (Å²) in [4.78, 5) is 20.8. The van der Waals surface area contributed by atoms with Gasteiger partial charge in [-0.05, 0) is 6.42 Å². The molecule has 0 radical (unpaired) electrons. The van der Waals surface area contributed by atoms with Gasteiger partial charge in [-0.2, -0.15) is 0 Å². The van der Waals surface area contributed by atoms with Gasteiger partial charge in [-0.25, -0.2) is 0 Å². The van der Waals surface area contributed by atoms with Gasteiger partial charge in [0.25, 0.3) is 0 Å². The predicted octanol–water partition coefficient (Wildman–Crippen LogP) is 0.302. The van der Waals surface area contributed by atoms with Crippen LogP contribution in [0, 0.1) is 0 Å². The van der Waals surface area contributed by atoms with Gasteiger partial charge >= 0.3 is 11.9 Å². The van der Waals surface area contributed by atoms with E-state index >= 15 is 0 Å². The average Bonchev–Trinajstić information content (AvgIpc) is 1.96. The number of aliphatic carboxylic acids is 2. The fourth-order valence-electron chi connectivity index (χ4n) is 0.948. The maximum atomic E-state index is 10.6. The van der Waals surface area contributed by atoms with Crippen LogP contribution < -0.4 is 5.32 Å².